The van der Waals surface area contributed by atoms with Gasteiger partial charge in [0.05, 0.1) is 24.8 Å². The molecule has 6 nitrogen and oxygen atoms in total. The van der Waals surface area contributed by atoms with Crippen LogP contribution < -0.4 is 10.6 Å². The number of nitrogens with one attached hydrogen (secondary N) is 2. The van der Waals surface area contributed by atoms with Gasteiger partial charge in [0.2, 0.25) is 11.8 Å². The quantitative estimate of drug-likeness (QED) is 0.806. The summed E-state index contributed by atoms with van der Waals surface area (Å²) in [6.07, 6.45) is 0.936. The smallest absolute Gasteiger partial charge is 0.246 e. The van der Waals surface area contributed by atoms with Gasteiger partial charge in [0.15, 0.2) is 0 Å². The fraction of sp³-hybridized carbons (Fsp3) is 0.529. The second kappa shape index (κ2) is 7.10. The number of benzene rings is 1. The zero-order valence-electron chi connectivity index (χ0n) is 13.2. The third-order valence-electron chi connectivity index (χ3n) is 4.43. The van der Waals surface area contributed by atoms with Crippen molar-refractivity contribution >= 4 is 11.8 Å². The maximum Gasteiger partial charge on any atom is 0.246 e. The molecular formula is C17H22N2O4. The van der Waals surface area contributed by atoms with Crippen LogP contribution in [-0.4, -0.2) is 43.2 Å². The first kappa shape index (κ1) is 16.0. The summed E-state index contributed by atoms with van der Waals surface area (Å²) in [4.78, 5) is 23.4. The normalized spacial score (nSPS) is 28.6. The molecule has 0 radical (unpaired) electrons. The molecule has 3 rings (SSSR count). The summed E-state index contributed by atoms with van der Waals surface area (Å²) in [5, 5.41) is 5.84. The van der Waals surface area contributed by atoms with Crippen LogP contribution in [0.3, 0.4) is 0 Å². The second-order valence-electron chi connectivity index (χ2n) is 6.09. The predicted molar refractivity (Wildman–Crippen MR) is 83.5 cm³/mol. The van der Waals surface area contributed by atoms with E-state index in [0.29, 0.717) is 13.2 Å². The first-order chi connectivity index (χ1) is 11.1. The molecule has 6 heteroatoms. The van der Waals surface area contributed by atoms with Crippen LogP contribution in [-0.2, 0) is 25.7 Å². The minimum Gasteiger partial charge on any atom is -0.376 e. The zero-order chi connectivity index (χ0) is 16.2. The van der Waals surface area contributed by atoms with Crippen molar-refractivity contribution < 1.29 is 19.1 Å². The molecule has 0 spiro atoms. The molecule has 1 aromatic rings. The number of ether oxygens (including phenoxy) is 2. The van der Waals surface area contributed by atoms with Gasteiger partial charge in [0.1, 0.15) is 6.61 Å². The van der Waals surface area contributed by atoms with Gasteiger partial charge in [-0.05, 0) is 12.0 Å². The molecule has 0 bridgehead atoms. The maximum atomic E-state index is 12.1. The number of amides is 2. The number of hydrogen-bond acceptors (Lipinski definition) is 4. The highest BCUT2D eigenvalue weighted by atomic mass is 16.5. The Hall–Kier alpha value is -1.92. The summed E-state index contributed by atoms with van der Waals surface area (Å²) in [5.74, 6) is 0.0140. The highest BCUT2D eigenvalue weighted by Gasteiger charge is 2.54. The minimum atomic E-state index is -0.161. The van der Waals surface area contributed by atoms with Crippen LogP contribution in [0.25, 0.3) is 0 Å². The SMILES string of the molecule is CC(=O)N[C@@H]1[C@@H](NC(=O)COCc2ccccc2)[C@H]2CCO[C@H]21. The van der Waals surface area contributed by atoms with Crippen molar-refractivity contribution in [3.63, 3.8) is 0 Å². The largest absolute Gasteiger partial charge is 0.376 e. The Labute approximate surface area is 135 Å². The fourth-order valence-corrected chi connectivity index (χ4v) is 3.37. The van der Waals surface area contributed by atoms with Crippen LogP contribution in [0.5, 0.6) is 0 Å². The van der Waals surface area contributed by atoms with Gasteiger partial charge in [-0.1, -0.05) is 30.3 Å². The van der Waals surface area contributed by atoms with Gasteiger partial charge in [0, 0.05) is 19.4 Å². The summed E-state index contributed by atoms with van der Waals surface area (Å²) in [5.41, 5.74) is 1.03. The Bertz CT molecular complexity index is 563. The molecular weight excluding hydrogens is 296 g/mol. The van der Waals surface area contributed by atoms with E-state index in [1.165, 1.54) is 6.92 Å². The highest BCUT2D eigenvalue weighted by Crippen LogP contribution is 2.39. The first-order valence-corrected chi connectivity index (χ1v) is 7.95. The summed E-state index contributed by atoms with van der Waals surface area (Å²) in [6.45, 7) is 2.58. The summed E-state index contributed by atoms with van der Waals surface area (Å²) < 4.78 is 11.1. The molecule has 124 valence electrons. The lowest BCUT2D eigenvalue weighted by Gasteiger charge is -2.47. The molecule has 1 aliphatic carbocycles. The van der Waals surface area contributed by atoms with E-state index >= 15 is 0 Å². The van der Waals surface area contributed by atoms with Crippen molar-refractivity contribution in [2.24, 2.45) is 5.92 Å². The van der Waals surface area contributed by atoms with Crippen molar-refractivity contribution in [2.75, 3.05) is 13.2 Å². The first-order valence-electron chi connectivity index (χ1n) is 7.95. The van der Waals surface area contributed by atoms with E-state index in [2.05, 4.69) is 10.6 Å². The van der Waals surface area contributed by atoms with Gasteiger partial charge >= 0.3 is 0 Å². The Kier molecular flexibility index (Phi) is 4.93. The average molecular weight is 318 g/mol. The number of carbonyl (C=O) groups excluding carboxylic acids is 2. The number of fused-ring (bicyclic) bond motifs is 1. The van der Waals surface area contributed by atoms with Crippen LogP contribution in [0.4, 0.5) is 0 Å². The molecule has 4 atom stereocenters. The molecule has 0 aromatic heterocycles. The van der Waals surface area contributed by atoms with Crippen LogP contribution in [0.1, 0.15) is 18.9 Å². The third kappa shape index (κ3) is 3.71. The zero-order valence-corrected chi connectivity index (χ0v) is 13.2. The highest BCUT2D eigenvalue weighted by molar-refractivity contribution is 5.78. The van der Waals surface area contributed by atoms with Gasteiger partial charge < -0.3 is 20.1 Å². The lowest BCUT2D eigenvalue weighted by Crippen LogP contribution is -2.71. The van der Waals surface area contributed by atoms with Crippen molar-refractivity contribution in [3.8, 4) is 0 Å². The number of carbonyl (C=O) groups is 2. The van der Waals surface area contributed by atoms with E-state index in [1.807, 2.05) is 30.3 Å². The molecule has 2 amide bonds. The summed E-state index contributed by atoms with van der Waals surface area (Å²) in [7, 11) is 0. The van der Waals surface area contributed by atoms with Crippen LogP contribution in [0.15, 0.2) is 30.3 Å². The van der Waals surface area contributed by atoms with Crippen molar-refractivity contribution in [1.82, 2.24) is 10.6 Å². The Morgan fingerprint density at radius 2 is 2.00 bits per heavy atom. The molecule has 0 unspecified atom stereocenters. The fourth-order valence-electron chi connectivity index (χ4n) is 3.37. The van der Waals surface area contributed by atoms with Crippen LogP contribution in [0, 0.1) is 5.92 Å². The molecule has 23 heavy (non-hydrogen) atoms. The predicted octanol–water partition coefficient (Wildman–Crippen LogP) is 0.611. The van der Waals surface area contributed by atoms with Gasteiger partial charge in [-0.25, -0.2) is 0 Å². The molecule has 2 fully saturated rings. The van der Waals surface area contributed by atoms with E-state index < -0.39 is 0 Å². The van der Waals surface area contributed by atoms with Crippen molar-refractivity contribution in [2.45, 2.75) is 38.1 Å². The van der Waals surface area contributed by atoms with E-state index in [9.17, 15) is 9.59 Å². The van der Waals surface area contributed by atoms with Crippen LogP contribution in [0.2, 0.25) is 0 Å². The second-order valence-corrected chi connectivity index (χ2v) is 6.09. The number of rotatable bonds is 6. The van der Waals surface area contributed by atoms with Gasteiger partial charge in [-0.15, -0.1) is 0 Å². The Morgan fingerprint density at radius 3 is 2.74 bits per heavy atom. The van der Waals surface area contributed by atoms with Crippen molar-refractivity contribution in [1.29, 1.82) is 0 Å². The monoisotopic (exact) mass is 318 g/mol. The van der Waals surface area contributed by atoms with Gasteiger partial charge in [-0.2, -0.15) is 0 Å². The van der Waals surface area contributed by atoms with Crippen LogP contribution >= 0.6 is 0 Å². The third-order valence-corrected chi connectivity index (χ3v) is 4.43. The Balaban J connectivity index is 1.46. The molecule has 1 aliphatic heterocycles. The van der Waals surface area contributed by atoms with Gasteiger partial charge in [-0.3, -0.25) is 9.59 Å². The van der Waals surface area contributed by atoms with Crippen molar-refractivity contribution in [3.05, 3.63) is 35.9 Å². The molecule has 2 aliphatic rings. The summed E-state index contributed by atoms with van der Waals surface area (Å²) >= 11 is 0. The van der Waals surface area contributed by atoms with E-state index in [-0.39, 0.29) is 42.5 Å². The number of hydrogen-bond donors (Lipinski definition) is 2. The topological polar surface area (TPSA) is 76.7 Å². The van der Waals surface area contributed by atoms with E-state index in [4.69, 9.17) is 9.47 Å². The molecule has 1 saturated heterocycles. The average Bonchev–Trinajstić information content (AvgIpc) is 2.96. The minimum absolute atomic E-state index is 0.0103. The van der Waals surface area contributed by atoms with E-state index in [0.717, 1.165) is 12.0 Å². The maximum absolute atomic E-state index is 12.1. The van der Waals surface area contributed by atoms with Gasteiger partial charge in [0.25, 0.3) is 0 Å². The molecule has 1 heterocycles. The van der Waals surface area contributed by atoms with E-state index in [1.54, 1.807) is 0 Å². The lowest BCUT2D eigenvalue weighted by molar-refractivity contribution is -0.133. The Morgan fingerprint density at radius 1 is 1.22 bits per heavy atom. The lowest BCUT2D eigenvalue weighted by atomic mass is 9.71. The molecule has 2 N–H and O–H groups in total. The summed E-state index contributed by atoms with van der Waals surface area (Å²) in [6, 6.07) is 9.51. The molecule has 1 saturated carbocycles. The molecule has 1 aromatic carbocycles. The standard InChI is InChI=1S/C17H22N2O4/c1-11(20)18-16-15(13-7-8-23-17(13)16)19-14(21)10-22-9-12-5-3-2-4-6-12/h2-6,13,15-17H,7-10H2,1H3,(H,18,20)(H,19,21)/t13-,15+,16-,17-/m1/s1.